The third-order valence-corrected chi connectivity index (χ3v) is 4.75. The highest BCUT2D eigenvalue weighted by Crippen LogP contribution is 2.24. The zero-order valence-corrected chi connectivity index (χ0v) is 16.2. The standard InChI is InChI=1S/C20H28N4O3/c1-14-16-8-4-5-9-17(16)27-18(14)12-22-20(23-13-19(25)24(2)3)21-11-15-7-6-10-26-15/h4-5,8-9,15H,6-7,10-13H2,1-3H3,(H2,21,22,23). The number of furan rings is 1. The lowest BCUT2D eigenvalue weighted by atomic mass is 10.1. The number of hydrogen-bond acceptors (Lipinski definition) is 4. The van der Waals surface area contributed by atoms with Crippen molar-refractivity contribution in [2.45, 2.75) is 32.4 Å². The van der Waals surface area contributed by atoms with Crippen molar-refractivity contribution in [3.8, 4) is 0 Å². The zero-order chi connectivity index (χ0) is 19.2. The van der Waals surface area contributed by atoms with Gasteiger partial charge in [-0.3, -0.25) is 4.79 Å². The van der Waals surface area contributed by atoms with Gasteiger partial charge in [-0.2, -0.15) is 0 Å². The number of aliphatic imine (C=N–C) groups is 1. The van der Waals surface area contributed by atoms with Gasteiger partial charge in [-0.1, -0.05) is 18.2 Å². The molecule has 1 aliphatic heterocycles. The van der Waals surface area contributed by atoms with E-state index >= 15 is 0 Å². The molecule has 0 bridgehead atoms. The Morgan fingerprint density at radius 2 is 2.11 bits per heavy atom. The number of nitrogens with one attached hydrogen (secondary N) is 2. The SMILES string of the molecule is Cc1c(CNC(=NCC(=O)N(C)C)NCC2CCCO2)oc2ccccc12. The van der Waals surface area contributed by atoms with E-state index in [1.165, 1.54) is 4.90 Å². The number of carbonyl (C=O) groups excluding carboxylic acids is 1. The Kier molecular flexibility index (Phi) is 6.34. The average Bonchev–Trinajstić information content (AvgIpc) is 3.29. The monoisotopic (exact) mass is 372 g/mol. The number of fused-ring (bicyclic) bond motifs is 1. The van der Waals surface area contributed by atoms with Crippen LogP contribution in [0, 0.1) is 6.92 Å². The maximum atomic E-state index is 11.9. The van der Waals surface area contributed by atoms with Crippen LogP contribution >= 0.6 is 0 Å². The molecule has 0 aliphatic carbocycles. The van der Waals surface area contributed by atoms with E-state index in [-0.39, 0.29) is 18.6 Å². The molecular formula is C20H28N4O3. The molecule has 2 N–H and O–H groups in total. The van der Waals surface area contributed by atoms with Gasteiger partial charge in [0.05, 0.1) is 12.6 Å². The molecule has 1 amide bonds. The van der Waals surface area contributed by atoms with E-state index in [0.29, 0.717) is 19.0 Å². The van der Waals surface area contributed by atoms with Gasteiger partial charge in [-0.15, -0.1) is 0 Å². The van der Waals surface area contributed by atoms with Gasteiger partial charge in [0.15, 0.2) is 5.96 Å². The first-order valence-corrected chi connectivity index (χ1v) is 9.35. The number of likely N-dealkylation sites (N-methyl/N-ethyl adjacent to an activating group) is 1. The summed E-state index contributed by atoms with van der Waals surface area (Å²) in [5.41, 5.74) is 1.99. The number of amides is 1. The molecule has 1 atom stereocenters. The van der Waals surface area contributed by atoms with E-state index in [0.717, 1.165) is 41.7 Å². The Bertz CT molecular complexity index is 807. The molecule has 1 aromatic carbocycles. The summed E-state index contributed by atoms with van der Waals surface area (Å²) in [6.07, 6.45) is 2.32. The summed E-state index contributed by atoms with van der Waals surface area (Å²) in [5, 5.41) is 7.67. The largest absolute Gasteiger partial charge is 0.459 e. The highest BCUT2D eigenvalue weighted by molar-refractivity contribution is 5.85. The smallest absolute Gasteiger partial charge is 0.243 e. The number of para-hydroxylation sites is 1. The van der Waals surface area contributed by atoms with E-state index in [1.54, 1.807) is 14.1 Å². The second kappa shape index (κ2) is 8.90. The molecular weight excluding hydrogens is 344 g/mol. The number of rotatable bonds is 6. The van der Waals surface area contributed by atoms with Crippen LogP contribution in [0.3, 0.4) is 0 Å². The maximum Gasteiger partial charge on any atom is 0.243 e. The summed E-state index contributed by atoms with van der Waals surface area (Å²) in [6.45, 7) is 4.11. The second-order valence-electron chi connectivity index (χ2n) is 6.97. The fourth-order valence-corrected chi connectivity index (χ4v) is 3.04. The Hall–Kier alpha value is -2.54. The molecule has 2 heterocycles. The molecule has 7 nitrogen and oxygen atoms in total. The summed E-state index contributed by atoms with van der Waals surface area (Å²) in [5.74, 6) is 1.40. The lowest BCUT2D eigenvalue weighted by Crippen LogP contribution is -2.41. The molecule has 0 saturated carbocycles. The first-order chi connectivity index (χ1) is 13.0. The van der Waals surface area contributed by atoms with Gasteiger partial charge >= 0.3 is 0 Å². The van der Waals surface area contributed by atoms with E-state index in [2.05, 4.69) is 28.6 Å². The summed E-state index contributed by atoms with van der Waals surface area (Å²) < 4.78 is 11.6. The van der Waals surface area contributed by atoms with E-state index in [1.807, 2.05) is 18.2 Å². The van der Waals surface area contributed by atoms with Crippen LogP contribution in [0.5, 0.6) is 0 Å². The van der Waals surface area contributed by atoms with Crippen molar-refractivity contribution in [1.29, 1.82) is 0 Å². The van der Waals surface area contributed by atoms with E-state index in [4.69, 9.17) is 9.15 Å². The van der Waals surface area contributed by atoms with Gasteiger partial charge in [0.2, 0.25) is 5.91 Å². The fourth-order valence-electron chi connectivity index (χ4n) is 3.04. The molecule has 2 aromatic rings. The van der Waals surface area contributed by atoms with Crippen molar-refractivity contribution in [2.24, 2.45) is 4.99 Å². The Labute approximate surface area is 159 Å². The van der Waals surface area contributed by atoms with Crippen molar-refractivity contribution in [1.82, 2.24) is 15.5 Å². The minimum absolute atomic E-state index is 0.0480. The summed E-state index contributed by atoms with van der Waals surface area (Å²) in [4.78, 5) is 17.8. The predicted octanol–water partition coefficient (Wildman–Crippen LogP) is 2.04. The highest BCUT2D eigenvalue weighted by Gasteiger charge is 2.16. The van der Waals surface area contributed by atoms with Crippen LogP contribution in [0.1, 0.15) is 24.2 Å². The number of hydrogen-bond donors (Lipinski definition) is 2. The maximum absolute atomic E-state index is 11.9. The molecule has 1 saturated heterocycles. The van der Waals surface area contributed by atoms with E-state index in [9.17, 15) is 4.79 Å². The lowest BCUT2D eigenvalue weighted by molar-refractivity contribution is -0.127. The fraction of sp³-hybridized carbons (Fsp3) is 0.500. The lowest BCUT2D eigenvalue weighted by Gasteiger charge is -2.16. The molecule has 1 unspecified atom stereocenters. The second-order valence-corrected chi connectivity index (χ2v) is 6.97. The number of ether oxygens (including phenoxy) is 1. The number of benzene rings is 1. The highest BCUT2D eigenvalue weighted by atomic mass is 16.5. The van der Waals surface area contributed by atoms with Crippen molar-refractivity contribution in [3.63, 3.8) is 0 Å². The number of guanidine groups is 1. The van der Waals surface area contributed by atoms with Gasteiger partial charge in [0, 0.05) is 38.2 Å². The van der Waals surface area contributed by atoms with Gasteiger partial charge < -0.3 is 24.7 Å². The first kappa shape index (κ1) is 19.2. The molecule has 3 rings (SSSR count). The van der Waals surface area contributed by atoms with Crippen molar-refractivity contribution >= 4 is 22.8 Å². The van der Waals surface area contributed by atoms with Crippen LogP contribution in [0.4, 0.5) is 0 Å². The van der Waals surface area contributed by atoms with Crippen LogP contribution in [-0.2, 0) is 16.1 Å². The van der Waals surface area contributed by atoms with Gasteiger partial charge in [-0.05, 0) is 25.8 Å². The molecule has 1 aliphatic rings. The van der Waals surface area contributed by atoms with Crippen LogP contribution < -0.4 is 10.6 Å². The predicted molar refractivity (Wildman–Crippen MR) is 106 cm³/mol. The van der Waals surface area contributed by atoms with Crippen molar-refractivity contribution in [3.05, 3.63) is 35.6 Å². The van der Waals surface area contributed by atoms with Crippen LogP contribution in [-0.4, -0.2) is 56.7 Å². The number of nitrogens with zero attached hydrogens (tertiary/aromatic N) is 2. The topological polar surface area (TPSA) is 79.1 Å². The number of aryl methyl sites for hydroxylation is 1. The Morgan fingerprint density at radius 3 is 2.81 bits per heavy atom. The zero-order valence-electron chi connectivity index (χ0n) is 16.2. The summed E-state index contributed by atoms with van der Waals surface area (Å²) >= 11 is 0. The molecule has 146 valence electrons. The molecule has 1 aromatic heterocycles. The molecule has 7 heteroatoms. The normalized spacial score (nSPS) is 17.3. The van der Waals surface area contributed by atoms with Crippen LogP contribution in [0.15, 0.2) is 33.7 Å². The van der Waals surface area contributed by atoms with Gasteiger partial charge in [0.25, 0.3) is 0 Å². The quantitative estimate of drug-likeness (QED) is 0.599. The Morgan fingerprint density at radius 1 is 1.30 bits per heavy atom. The first-order valence-electron chi connectivity index (χ1n) is 9.35. The summed E-state index contributed by atoms with van der Waals surface area (Å²) in [6, 6.07) is 7.99. The summed E-state index contributed by atoms with van der Waals surface area (Å²) in [7, 11) is 3.45. The molecule has 0 spiro atoms. The van der Waals surface area contributed by atoms with Gasteiger partial charge in [-0.25, -0.2) is 4.99 Å². The molecule has 0 radical (unpaired) electrons. The third-order valence-electron chi connectivity index (χ3n) is 4.75. The van der Waals surface area contributed by atoms with Crippen LogP contribution in [0.2, 0.25) is 0 Å². The third kappa shape index (κ3) is 5.01. The van der Waals surface area contributed by atoms with Crippen molar-refractivity contribution in [2.75, 3.05) is 33.8 Å². The molecule has 1 fully saturated rings. The van der Waals surface area contributed by atoms with E-state index < -0.39 is 0 Å². The molecule has 27 heavy (non-hydrogen) atoms. The van der Waals surface area contributed by atoms with Crippen molar-refractivity contribution < 1.29 is 13.9 Å². The number of carbonyl (C=O) groups is 1. The minimum Gasteiger partial charge on any atom is -0.459 e. The Balaban J connectivity index is 1.66. The van der Waals surface area contributed by atoms with Crippen LogP contribution in [0.25, 0.3) is 11.0 Å². The van der Waals surface area contributed by atoms with Gasteiger partial charge in [0.1, 0.15) is 17.9 Å². The average molecular weight is 372 g/mol. The minimum atomic E-state index is -0.0480.